The van der Waals surface area contributed by atoms with Crippen molar-refractivity contribution in [1.29, 1.82) is 0 Å². The lowest BCUT2D eigenvalue weighted by Crippen LogP contribution is -2.45. The van der Waals surface area contributed by atoms with Gasteiger partial charge in [0, 0.05) is 39.0 Å². The molecule has 0 saturated heterocycles. The van der Waals surface area contributed by atoms with E-state index in [1.165, 1.54) is 0 Å². The molecule has 0 aliphatic carbocycles. The predicted octanol–water partition coefficient (Wildman–Crippen LogP) is 0.900. The van der Waals surface area contributed by atoms with Gasteiger partial charge < -0.3 is 15.4 Å². The summed E-state index contributed by atoms with van der Waals surface area (Å²) in [5.74, 6) is 0.788. The van der Waals surface area contributed by atoms with Crippen LogP contribution in [0.1, 0.15) is 26.3 Å². The molecule has 19 heavy (non-hydrogen) atoms. The molecular formula is C13H25N5O. The van der Waals surface area contributed by atoms with Gasteiger partial charge >= 0.3 is 0 Å². The van der Waals surface area contributed by atoms with Crippen molar-refractivity contribution in [1.82, 2.24) is 20.4 Å². The van der Waals surface area contributed by atoms with Crippen LogP contribution in [0.25, 0.3) is 0 Å². The highest BCUT2D eigenvalue weighted by molar-refractivity contribution is 5.79. The van der Waals surface area contributed by atoms with Gasteiger partial charge in [-0.3, -0.25) is 4.68 Å². The minimum atomic E-state index is -0.218. The van der Waals surface area contributed by atoms with E-state index in [-0.39, 0.29) is 5.60 Å². The molecule has 2 N–H and O–H groups in total. The van der Waals surface area contributed by atoms with Gasteiger partial charge in [-0.05, 0) is 20.8 Å². The van der Waals surface area contributed by atoms with E-state index >= 15 is 0 Å². The zero-order valence-electron chi connectivity index (χ0n) is 12.5. The number of ether oxygens (including phenoxy) is 1. The van der Waals surface area contributed by atoms with Crippen LogP contribution in [-0.2, 0) is 18.3 Å². The van der Waals surface area contributed by atoms with Gasteiger partial charge in [-0.1, -0.05) is 0 Å². The zero-order chi connectivity index (χ0) is 14.3. The molecule has 0 unspecified atom stereocenters. The van der Waals surface area contributed by atoms with Crippen LogP contribution >= 0.6 is 0 Å². The van der Waals surface area contributed by atoms with E-state index in [1.807, 2.05) is 40.2 Å². The Kier molecular flexibility index (Phi) is 5.82. The van der Waals surface area contributed by atoms with Crippen molar-refractivity contribution in [3.05, 3.63) is 18.0 Å². The number of aryl methyl sites for hydroxylation is 1. The number of guanidine groups is 1. The SMILES string of the molecule is CCNC(=NCc1cnn(C)c1)NCC(C)(C)OC. The second-order valence-electron chi connectivity index (χ2n) is 5.03. The smallest absolute Gasteiger partial charge is 0.191 e. The highest BCUT2D eigenvalue weighted by atomic mass is 16.5. The molecule has 1 aromatic rings. The second kappa shape index (κ2) is 7.13. The molecule has 0 aliphatic heterocycles. The Morgan fingerprint density at radius 2 is 2.21 bits per heavy atom. The Bertz CT molecular complexity index is 411. The van der Waals surface area contributed by atoms with Crippen molar-refractivity contribution in [3.63, 3.8) is 0 Å². The third-order valence-electron chi connectivity index (χ3n) is 2.76. The number of aliphatic imine (C=N–C) groups is 1. The summed E-state index contributed by atoms with van der Waals surface area (Å²) in [6.45, 7) is 8.24. The molecule has 0 aliphatic rings. The first-order valence-electron chi connectivity index (χ1n) is 6.51. The second-order valence-corrected chi connectivity index (χ2v) is 5.03. The number of aromatic nitrogens is 2. The number of rotatable bonds is 6. The standard InChI is InChI=1S/C13H25N5O/c1-6-14-12(16-10-13(2,3)19-5)15-7-11-8-17-18(4)9-11/h8-9H,6-7,10H2,1-5H3,(H2,14,15,16). The number of nitrogens with one attached hydrogen (secondary N) is 2. The maximum atomic E-state index is 5.37. The molecule has 6 heteroatoms. The average molecular weight is 267 g/mol. The van der Waals surface area contributed by atoms with Crippen LogP contribution in [0.3, 0.4) is 0 Å². The summed E-state index contributed by atoms with van der Waals surface area (Å²) in [7, 11) is 3.61. The summed E-state index contributed by atoms with van der Waals surface area (Å²) in [4.78, 5) is 4.52. The molecule has 0 bridgehead atoms. The monoisotopic (exact) mass is 267 g/mol. The summed E-state index contributed by atoms with van der Waals surface area (Å²) in [6, 6.07) is 0. The van der Waals surface area contributed by atoms with Crippen molar-refractivity contribution in [3.8, 4) is 0 Å². The molecule has 0 amide bonds. The Hall–Kier alpha value is -1.56. The number of hydrogen-bond donors (Lipinski definition) is 2. The number of methoxy groups -OCH3 is 1. The van der Waals surface area contributed by atoms with Crippen LogP contribution in [0.5, 0.6) is 0 Å². The van der Waals surface area contributed by atoms with Crippen molar-refractivity contribution in [2.75, 3.05) is 20.2 Å². The third-order valence-corrected chi connectivity index (χ3v) is 2.76. The fraction of sp³-hybridized carbons (Fsp3) is 0.692. The van der Waals surface area contributed by atoms with Gasteiger partial charge in [-0.25, -0.2) is 4.99 Å². The molecule has 0 radical (unpaired) electrons. The van der Waals surface area contributed by atoms with Crippen LogP contribution in [0.4, 0.5) is 0 Å². The lowest BCUT2D eigenvalue weighted by atomic mass is 10.1. The fourth-order valence-corrected chi connectivity index (χ4v) is 1.43. The summed E-state index contributed by atoms with van der Waals surface area (Å²) in [5.41, 5.74) is 0.871. The summed E-state index contributed by atoms with van der Waals surface area (Å²) in [6.07, 6.45) is 3.79. The van der Waals surface area contributed by atoms with E-state index in [4.69, 9.17) is 4.74 Å². The van der Waals surface area contributed by atoms with E-state index < -0.39 is 0 Å². The van der Waals surface area contributed by atoms with E-state index in [1.54, 1.807) is 11.8 Å². The molecule has 1 heterocycles. The molecule has 0 fully saturated rings. The Balaban J connectivity index is 2.56. The lowest BCUT2D eigenvalue weighted by molar-refractivity contribution is 0.0268. The molecule has 0 aromatic carbocycles. The van der Waals surface area contributed by atoms with Crippen LogP contribution in [0, 0.1) is 0 Å². The van der Waals surface area contributed by atoms with Crippen molar-refractivity contribution >= 4 is 5.96 Å². The van der Waals surface area contributed by atoms with Crippen LogP contribution in [0.2, 0.25) is 0 Å². The molecule has 0 spiro atoms. The maximum absolute atomic E-state index is 5.37. The van der Waals surface area contributed by atoms with Crippen LogP contribution in [0.15, 0.2) is 17.4 Å². The van der Waals surface area contributed by atoms with E-state index in [2.05, 4.69) is 20.7 Å². The molecular weight excluding hydrogens is 242 g/mol. The minimum Gasteiger partial charge on any atom is -0.377 e. The predicted molar refractivity (Wildman–Crippen MR) is 77.1 cm³/mol. The van der Waals surface area contributed by atoms with Crippen LogP contribution < -0.4 is 10.6 Å². The molecule has 1 rings (SSSR count). The Morgan fingerprint density at radius 1 is 1.47 bits per heavy atom. The molecule has 0 atom stereocenters. The van der Waals surface area contributed by atoms with E-state index in [0.29, 0.717) is 13.1 Å². The normalized spacial score (nSPS) is 12.6. The van der Waals surface area contributed by atoms with Gasteiger partial charge in [-0.2, -0.15) is 5.10 Å². The van der Waals surface area contributed by atoms with Gasteiger partial charge in [0.1, 0.15) is 0 Å². The van der Waals surface area contributed by atoms with Crippen molar-refractivity contribution in [2.24, 2.45) is 12.0 Å². The molecule has 108 valence electrons. The summed E-state index contributed by atoms with van der Waals surface area (Å²) >= 11 is 0. The Labute approximate surface area is 115 Å². The minimum absolute atomic E-state index is 0.218. The zero-order valence-corrected chi connectivity index (χ0v) is 12.5. The number of nitrogens with zero attached hydrogens (tertiary/aromatic N) is 3. The first-order valence-corrected chi connectivity index (χ1v) is 6.51. The molecule has 0 saturated carbocycles. The van der Waals surface area contributed by atoms with Gasteiger partial charge in [-0.15, -0.1) is 0 Å². The highest BCUT2D eigenvalue weighted by Crippen LogP contribution is 2.04. The van der Waals surface area contributed by atoms with E-state index in [9.17, 15) is 0 Å². The summed E-state index contributed by atoms with van der Waals surface area (Å²) in [5, 5.41) is 10.6. The maximum Gasteiger partial charge on any atom is 0.191 e. The Morgan fingerprint density at radius 3 is 2.74 bits per heavy atom. The van der Waals surface area contributed by atoms with E-state index in [0.717, 1.165) is 18.1 Å². The highest BCUT2D eigenvalue weighted by Gasteiger charge is 2.16. The third kappa shape index (κ3) is 5.74. The number of hydrogen-bond acceptors (Lipinski definition) is 3. The first kappa shape index (κ1) is 15.5. The summed E-state index contributed by atoms with van der Waals surface area (Å²) < 4.78 is 7.15. The van der Waals surface area contributed by atoms with Crippen molar-refractivity contribution in [2.45, 2.75) is 32.9 Å². The van der Waals surface area contributed by atoms with Crippen molar-refractivity contribution < 1.29 is 4.74 Å². The van der Waals surface area contributed by atoms with Gasteiger partial charge in [0.2, 0.25) is 0 Å². The molecule has 6 nitrogen and oxygen atoms in total. The topological polar surface area (TPSA) is 63.5 Å². The van der Waals surface area contributed by atoms with Crippen LogP contribution in [-0.4, -0.2) is 41.5 Å². The fourth-order valence-electron chi connectivity index (χ4n) is 1.43. The van der Waals surface area contributed by atoms with Gasteiger partial charge in [0.15, 0.2) is 5.96 Å². The van der Waals surface area contributed by atoms with Gasteiger partial charge in [0.05, 0.1) is 18.3 Å². The lowest BCUT2D eigenvalue weighted by Gasteiger charge is -2.24. The quantitative estimate of drug-likeness (QED) is 0.594. The average Bonchev–Trinajstić information content (AvgIpc) is 2.79. The molecule has 1 aromatic heterocycles. The first-order chi connectivity index (χ1) is 8.96. The van der Waals surface area contributed by atoms with Gasteiger partial charge in [0.25, 0.3) is 0 Å². The largest absolute Gasteiger partial charge is 0.377 e.